The number of rotatable bonds is 12. The Morgan fingerprint density at radius 1 is 0.462 bits per heavy atom. The van der Waals surface area contributed by atoms with Gasteiger partial charge in [-0.3, -0.25) is 43.2 Å². The topological polar surface area (TPSA) is 154 Å². The summed E-state index contributed by atoms with van der Waals surface area (Å²) in [5.41, 5.74) is -0.292. The molecule has 2 atom stereocenters. The maximum atomic E-state index is 13.5. The summed E-state index contributed by atoms with van der Waals surface area (Å²) in [6.45, 7) is 0. The van der Waals surface area contributed by atoms with E-state index in [9.17, 15) is 43.2 Å². The SMILES string of the molecule is O=C(c1ccc2c(c1)C(=O)C(C(=O)CCC(=O)c1cccc(Cl)c1Cl)C2=O)c1ccc2c(c1)C(=O)C(C(=O)CCC(=O)c1cccc(Cl)c1Cl)C2=O. The fourth-order valence-corrected chi connectivity index (χ4v) is 7.10. The Hall–Kier alpha value is -4.93. The van der Waals surface area contributed by atoms with E-state index in [1.54, 1.807) is 0 Å². The molecule has 0 aliphatic heterocycles. The molecular weight excluding hydrogens is 754 g/mol. The molecule has 4 aromatic carbocycles. The minimum Gasteiger partial charge on any atom is -0.298 e. The number of hydrogen-bond donors (Lipinski definition) is 0. The van der Waals surface area contributed by atoms with Gasteiger partial charge in [0.15, 0.2) is 52.0 Å². The van der Waals surface area contributed by atoms with Crippen LogP contribution in [-0.2, 0) is 9.59 Å². The summed E-state index contributed by atoms with van der Waals surface area (Å²) in [5.74, 6) is -9.71. The van der Waals surface area contributed by atoms with Crippen LogP contribution in [-0.4, -0.2) is 52.0 Å². The first-order valence-corrected chi connectivity index (χ1v) is 17.2. The van der Waals surface area contributed by atoms with Crippen molar-refractivity contribution >= 4 is 98.5 Å². The van der Waals surface area contributed by atoms with Crippen molar-refractivity contribution in [3.8, 4) is 0 Å². The summed E-state index contributed by atoms with van der Waals surface area (Å²) in [5, 5.41) is 0.359. The number of halogens is 4. The second-order valence-corrected chi connectivity index (χ2v) is 13.7. The van der Waals surface area contributed by atoms with Crippen LogP contribution < -0.4 is 0 Å². The number of hydrogen-bond acceptors (Lipinski definition) is 9. The number of fused-ring (bicyclic) bond motifs is 2. The number of carbonyl (C=O) groups excluding carboxylic acids is 9. The van der Waals surface area contributed by atoms with Crippen molar-refractivity contribution in [2.24, 2.45) is 11.8 Å². The number of carbonyl (C=O) groups is 9. The van der Waals surface area contributed by atoms with E-state index in [-0.39, 0.29) is 77.4 Å². The van der Waals surface area contributed by atoms with Crippen LogP contribution in [0.5, 0.6) is 0 Å². The first-order valence-electron chi connectivity index (χ1n) is 15.7. The van der Waals surface area contributed by atoms with Crippen molar-refractivity contribution in [3.63, 3.8) is 0 Å². The van der Waals surface area contributed by atoms with Gasteiger partial charge >= 0.3 is 0 Å². The summed E-state index contributed by atoms with van der Waals surface area (Å²) in [4.78, 5) is 118. The van der Waals surface area contributed by atoms with Gasteiger partial charge in [0.25, 0.3) is 0 Å². The predicted octanol–water partition coefficient (Wildman–Crippen LogP) is 7.99. The van der Waals surface area contributed by atoms with Gasteiger partial charge in [0.1, 0.15) is 11.8 Å². The Balaban J connectivity index is 1.14. The first-order chi connectivity index (χ1) is 24.7. The third-order valence-corrected chi connectivity index (χ3v) is 10.7. The molecule has 0 N–H and O–H groups in total. The molecule has 0 fully saturated rings. The van der Waals surface area contributed by atoms with Crippen LogP contribution in [0.3, 0.4) is 0 Å². The van der Waals surface area contributed by atoms with Crippen molar-refractivity contribution in [1.29, 1.82) is 0 Å². The highest BCUT2D eigenvalue weighted by molar-refractivity contribution is 6.45. The lowest BCUT2D eigenvalue weighted by Crippen LogP contribution is -2.26. The van der Waals surface area contributed by atoms with E-state index in [1.165, 1.54) is 72.8 Å². The Labute approximate surface area is 315 Å². The van der Waals surface area contributed by atoms with Crippen LogP contribution >= 0.6 is 46.4 Å². The third-order valence-electron chi connectivity index (χ3n) is 9.02. The van der Waals surface area contributed by atoms with Gasteiger partial charge in [-0.2, -0.15) is 0 Å². The average molecular weight is 776 g/mol. The molecule has 0 bridgehead atoms. The molecule has 13 heteroatoms. The smallest absolute Gasteiger partial charge is 0.193 e. The Kier molecular flexibility index (Phi) is 10.3. The van der Waals surface area contributed by atoms with Crippen molar-refractivity contribution in [3.05, 3.63) is 137 Å². The molecule has 9 nitrogen and oxygen atoms in total. The standard InChI is InChI=1S/C39H22Cl4O9/c40-25-5-1-3-21(33(25)42)27(44)11-13-29(46)31-36(49)19-9-7-17(15-23(19)38(31)51)35(48)18-8-10-20-24(16-18)39(52)32(37(20)50)30(47)14-12-28(45)22-4-2-6-26(41)34(22)43/h1-10,15-16,31-32H,11-14H2. The van der Waals surface area contributed by atoms with Crippen molar-refractivity contribution < 1.29 is 43.2 Å². The van der Waals surface area contributed by atoms with Gasteiger partial charge in [0.2, 0.25) is 0 Å². The molecule has 260 valence electrons. The largest absolute Gasteiger partial charge is 0.298 e. The van der Waals surface area contributed by atoms with Crippen LogP contribution in [0.1, 0.15) is 104 Å². The fourth-order valence-electron chi connectivity index (χ4n) is 6.29. The van der Waals surface area contributed by atoms with Gasteiger partial charge in [0.05, 0.1) is 20.1 Å². The molecule has 0 heterocycles. The van der Waals surface area contributed by atoms with Gasteiger partial charge in [-0.15, -0.1) is 0 Å². The van der Waals surface area contributed by atoms with E-state index in [0.717, 1.165) is 0 Å². The highest BCUT2D eigenvalue weighted by Gasteiger charge is 2.45. The molecular formula is C39H22Cl4O9. The molecule has 0 saturated heterocycles. The molecule has 0 radical (unpaired) electrons. The minimum absolute atomic E-state index is 0.0246. The van der Waals surface area contributed by atoms with E-state index < -0.39 is 76.7 Å². The fraction of sp³-hybridized carbons (Fsp3) is 0.154. The second-order valence-electron chi connectivity index (χ2n) is 12.2. The van der Waals surface area contributed by atoms with Crippen LogP contribution in [0.25, 0.3) is 0 Å². The van der Waals surface area contributed by atoms with Crippen LogP contribution in [0.4, 0.5) is 0 Å². The second kappa shape index (κ2) is 14.6. The van der Waals surface area contributed by atoms with E-state index in [2.05, 4.69) is 0 Å². The lowest BCUT2D eigenvalue weighted by atomic mass is 9.93. The van der Waals surface area contributed by atoms with Crippen LogP contribution in [0.15, 0.2) is 72.8 Å². The Bertz CT molecular complexity index is 2180. The summed E-state index contributed by atoms with van der Waals surface area (Å²) >= 11 is 24.1. The Morgan fingerprint density at radius 2 is 0.827 bits per heavy atom. The Morgan fingerprint density at radius 3 is 1.21 bits per heavy atom. The molecule has 2 unspecified atom stereocenters. The molecule has 2 aliphatic carbocycles. The highest BCUT2D eigenvalue weighted by atomic mass is 35.5. The van der Waals surface area contributed by atoms with Gasteiger partial charge in [-0.1, -0.05) is 70.7 Å². The number of ketones is 9. The molecule has 0 aromatic heterocycles. The molecule has 0 saturated carbocycles. The molecule has 0 amide bonds. The van der Waals surface area contributed by atoms with E-state index in [1.807, 2.05) is 0 Å². The summed E-state index contributed by atoms with van der Waals surface area (Å²) in [6.07, 6.45) is -1.47. The zero-order chi connectivity index (χ0) is 37.6. The van der Waals surface area contributed by atoms with Crippen LogP contribution in [0, 0.1) is 11.8 Å². The van der Waals surface area contributed by atoms with Gasteiger partial charge in [-0.05, 0) is 48.5 Å². The molecule has 4 aromatic rings. The average Bonchev–Trinajstić information content (AvgIpc) is 3.54. The minimum atomic E-state index is -1.68. The molecule has 0 spiro atoms. The molecule has 6 rings (SSSR count). The van der Waals surface area contributed by atoms with Crippen molar-refractivity contribution in [1.82, 2.24) is 0 Å². The van der Waals surface area contributed by atoms with Gasteiger partial charge in [0, 0.05) is 70.2 Å². The van der Waals surface area contributed by atoms with E-state index >= 15 is 0 Å². The maximum Gasteiger partial charge on any atom is 0.193 e. The van der Waals surface area contributed by atoms with Gasteiger partial charge in [-0.25, -0.2) is 0 Å². The summed E-state index contributed by atoms with van der Waals surface area (Å²) in [7, 11) is 0. The number of benzene rings is 4. The highest BCUT2D eigenvalue weighted by Crippen LogP contribution is 2.34. The summed E-state index contributed by atoms with van der Waals surface area (Å²) in [6, 6.07) is 16.4. The monoisotopic (exact) mass is 774 g/mol. The van der Waals surface area contributed by atoms with Crippen molar-refractivity contribution in [2.45, 2.75) is 25.7 Å². The molecule has 52 heavy (non-hydrogen) atoms. The number of Topliss-reactive ketones (excluding diaryl/α,β-unsaturated/α-hetero) is 8. The third kappa shape index (κ3) is 6.61. The first kappa shape index (κ1) is 36.8. The van der Waals surface area contributed by atoms with Crippen LogP contribution in [0.2, 0.25) is 20.1 Å². The van der Waals surface area contributed by atoms with Crippen molar-refractivity contribution in [2.75, 3.05) is 0 Å². The zero-order valence-corrected chi connectivity index (χ0v) is 29.6. The summed E-state index contributed by atoms with van der Waals surface area (Å²) < 4.78 is 0. The van der Waals surface area contributed by atoms with E-state index in [0.29, 0.717) is 0 Å². The maximum absolute atomic E-state index is 13.5. The zero-order valence-electron chi connectivity index (χ0n) is 26.6. The normalized spacial score (nSPS) is 16.2. The van der Waals surface area contributed by atoms with Gasteiger partial charge < -0.3 is 0 Å². The quantitative estimate of drug-likeness (QED) is 0.103. The molecule has 2 aliphatic rings. The van der Waals surface area contributed by atoms with E-state index in [4.69, 9.17) is 46.4 Å². The lowest BCUT2D eigenvalue weighted by molar-refractivity contribution is -0.121. The lowest BCUT2D eigenvalue weighted by Gasteiger charge is -2.07. The predicted molar refractivity (Wildman–Crippen MR) is 191 cm³/mol.